The number of carbonyl (C=O) groups excluding carboxylic acids is 1. The fourth-order valence-corrected chi connectivity index (χ4v) is 2.69. The van der Waals surface area contributed by atoms with Crippen LogP contribution in [0.25, 0.3) is 11.6 Å². The average Bonchev–Trinajstić information content (AvgIpc) is 3.19. The van der Waals surface area contributed by atoms with Crippen LogP contribution < -0.4 is 10.6 Å². The Bertz CT molecular complexity index is 860. The molecule has 0 spiro atoms. The van der Waals surface area contributed by atoms with Gasteiger partial charge in [-0.15, -0.1) is 0 Å². The third kappa shape index (κ3) is 2.34. The molecule has 0 atom stereocenters. The van der Waals surface area contributed by atoms with E-state index < -0.39 is 0 Å². The minimum atomic E-state index is -0.0264. The standard InChI is InChI=1S/C17H14N4O2/c18-15-12-9-14(22)21(10-11-5-2-1-3-6-11)17(12)20-16(19-15)13-7-4-8-23-13/h1-8H,9-10H2,(H2,18,19,20). The van der Waals surface area contributed by atoms with Crippen molar-refractivity contribution < 1.29 is 9.21 Å². The molecule has 0 unspecified atom stereocenters. The third-order valence-corrected chi connectivity index (χ3v) is 3.83. The number of benzene rings is 1. The molecule has 2 aromatic heterocycles. The quantitative estimate of drug-likeness (QED) is 0.803. The van der Waals surface area contributed by atoms with Gasteiger partial charge in [-0.3, -0.25) is 9.69 Å². The number of nitrogen functional groups attached to an aromatic ring is 1. The highest BCUT2D eigenvalue weighted by molar-refractivity contribution is 6.01. The SMILES string of the molecule is Nc1nc(-c2ccco2)nc2c1CC(=O)N2Cc1ccccc1. The Morgan fingerprint density at radius 2 is 1.96 bits per heavy atom. The molecule has 0 bridgehead atoms. The summed E-state index contributed by atoms with van der Waals surface area (Å²) in [5, 5.41) is 0. The maximum Gasteiger partial charge on any atom is 0.233 e. The minimum Gasteiger partial charge on any atom is -0.461 e. The highest BCUT2D eigenvalue weighted by atomic mass is 16.3. The van der Waals surface area contributed by atoms with E-state index in [1.54, 1.807) is 23.3 Å². The Labute approximate surface area is 132 Å². The van der Waals surface area contributed by atoms with E-state index in [0.29, 0.717) is 35.3 Å². The van der Waals surface area contributed by atoms with Gasteiger partial charge in [-0.2, -0.15) is 0 Å². The first-order valence-electron chi connectivity index (χ1n) is 7.27. The summed E-state index contributed by atoms with van der Waals surface area (Å²) in [6.45, 7) is 0.459. The van der Waals surface area contributed by atoms with Gasteiger partial charge in [0.15, 0.2) is 11.6 Å². The number of hydrogen-bond acceptors (Lipinski definition) is 5. The van der Waals surface area contributed by atoms with E-state index in [2.05, 4.69) is 9.97 Å². The summed E-state index contributed by atoms with van der Waals surface area (Å²) < 4.78 is 5.33. The maximum absolute atomic E-state index is 12.4. The molecular formula is C17H14N4O2. The second-order valence-corrected chi connectivity index (χ2v) is 5.35. The number of nitrogens with zero attached hydrogens (tertiary/aromatic N) is 3. The summed E-state index contributed by atoms with van der Waals surface area (Å²) in [6.07, 6.45) is 1.78. The molecule has 0 saturated carbocycles. The summed E-state index contributed by atoms with van der Waals surface area (Å²) in [5.74, 6) is 1.78. The van der Waals surface area contributed by atoms with Gasteiger partial charge < -0.3 is 10.2 Å². The Balaban J connectivity index is 1.76. The van der Waals surface area contributed by atoms with Gasteiger partial charge in [-0.25, -0.2) is 9.97 Å². The van der Waals surface area contributed by atoms with E-state index in [4.69, 9.17) is 10.2 Å². The van der Waals surface area contributed by atoms with Crippen LogP contribution in [-0.4, -0.2) is 15.9 Å². The van der Waals surface area contributed by atoms with Crippen molar-refractivity contribution in [3.05, 3.63) is 59.9 Å². The predicted octanol–water partition coefficient (Wildman–Crippen LogP) is 2.41. The monoisotopic (exact) mass is 306 g/mol. The molecule has 0 saturated heterocycles. The van der Waals surface area contributed by atoms with Gasteiger partial charge >= 0.3 is 0 Å². The van der Waals surface area contributed by atoms with E-state index in [1.807, 2.05) is 30.3 Å². The fraction of sp³-hybridized carbons (Fsp3) is 0.118. The number of furan rings is 1. The first-order valence-corrected chi connectivity index (χ1v) is 7.27. The number of hydrogen-bond donors (Lipinski definition) is 1. The normalized spacial score (nSPS) is 13.4. The first kappa shape index (κ1) is 13.5. The Morgan fingerprint density at radius 3 is 2.70 bits per heavy atom. The van der Waals surface area contributed by atoms with Crippen LogP contribution in [0.15, 0.2) is 53.1 Å². The van der Waals surface area contributed by atoms with Gasteiger partial charge in [-0.05, 0) is 17.7 Å². The van der Waals surface area contributed by atoms with Crippen LogP contribution in [0.2, 0.25) is 0 Å². The molecule has 4 rings (SSSR count). The predicted molar refractivity (Wildman–Crippen MR) is 85.5 cm³/mol. The molecule has 114 valence electrons. The number of rotatable bonds is 3. The lowest BCUT2D eigenvalue weighted by atomic mass is 10.2. The number of fused-ring (bicyclic) bond motifs is 1. The van der Waals surface area contributed by atoms with Gasteiger partial charge in [-0.1, -0.05) is 30.3 Å². The molecule has 0 fully saturated rings. The molecule has 1 aromatic carbocycles. The summed E-state index contributed by atoms with van der Waals surface area (Å²) in [6, 6.07) is 13.3. The lowest BCUT2D eigenvalue weighted by molar-refractivity contribution is -0.117. The highest BCUT2D eigenvalue weighted by Crippen LogP contribution is 2.33. The van der Waals surface area contributed by atoms with Crippen molar-refractivity contribution in [2.45, 2.75) is 13.0 Å². The Hall–Kier alpha value is -3.15. The number of carbonyl (C=O) groups is 1. The molecule has 6 heteroatoms. The molecule has 0 aliphatic carbocycles. The maximum atomic E-state index is 12.4. The molecule has 0 radical (unpaired) electrons. The van der Waals surface area contributed by atoms with Crippen LogP contribution in [0.4, 0.5) is 11.6 Å². The van der Waals surface area contributed by atoms with E-state index >= 15 is 0 Å². The van der Waals surface area contributed by atoms with Crippen molar-refractivity contribution >= 4 is 17.5 Å². The summed E-state index contributed by atoms with van der Waals surface area (Å²) >= 11 is 0. The van der Waals surface area contributed by atoms with Gasteiger partial charge in [0, 0.05) is 5.56 Å². The van der Waals surface area contributed by atoms with E-state index in [0.717, 1.165) is 5.56 Å². The molecule has 23 heavy (non-hydrogen) atoms. The lowest BCUT2D eigenvalue weighted by Gasteiger charge is -2.17. The Kier molecular flexibility index (Phi) is 3.08. The number of amides is 1. The molecule has 3 heterocycles. The van der Waals surface area contributed by atoms with Crippen LogP contribution in [0, 0.1) is 0 Å². The van der Waals surface area contributed by atoms with Crippen molar-refractivity contribution in [3.63, 3.8) is 0 Å². The second kappa shape index (κ2) is 5.24. The first-order chi connectivity index (χ1) is 11.2. The van der Waals surface area contributed by atoms with Gasteiger partial charge in [0.25, 0.3) is 0 Å². The topological polar surface area (TPSA) is 85.2 Å². The second-order valence-electron chi connectivity index (χ2n) is 5.35. The number of anilines is 2. The molecule has 1 aliphatic heterocycles. The zero-order valence-corrected chi connectivity index (χ0v) is 12.3. The summed E-state index contributed by atoms with van der Waals surface area (Å²) in [7, 11) is 0. The zero-order valence-electron chi connectivity index (χ0n) is 12.3. The number of nitrogens with two attached hydrogens (primary N) is 1. The Morgan fingerprint density at radius 1 is 1.13 bits per heavy atom. The van der Waals surface area contributed by atoms with Gasteiger partial charge in [0.1, 0.15) is 11.6 Å². The highest BCUT2D eigenvalue weighted by Gasteiger charge is 2.32. The van der Waals surface area contributed by atoms with Crippen LogP contribution in [0.1, 0.15) is 11.1 Å². The van der Waals surface area contributed by atoms with Crippen molar-refractivity contribution in [1.29, 1.82) is 0 Å². The summed E-state index contributed by atoms with van der Waals surface area (Å²) in [4.78, 5) is 22.8. The third-order valence-electron chi connectivity index (χ3n) is 3.83. The smallest absolute Gasteiger partial charge is 0.233 e. The molecule has 6 nitrogen and oxygen atoms in total. The van der Waals surface area contributed by atoms with Gasteiger partial charge in [0.05, 0.1) is 19.2 Å². The molecule has 3 aromatic rings. The van der Waals surface area contributed by atoms with Crippen molar-refractivity contribution in [3.8, 4) is 11.6 Å². The average molecular weight is 306 g/mol. The molecular weight excluding hydrogens is 292 g/mol. The largest absolute Gasteiger partial charge is 0.461 e. The zero-order chi connectivity index (χ0) is 15.8. The van der Waals surface area contributed by atoms with Crippen LogP contribution in [0.5, 0.6) is 0 Å². The van der Waals surface area contributed by atoms with Crippen LogP contribution in [-0.2, 0) is 17.8 Å². The van der Waals surface area contributed by atoms with E-state index in [1.165, 1.54) is 0 Å². The van der Waals surface area contributed by atoms with Crippen LogP contribution in [0.3, 0.4) is 0 Å². The lowest BCUT2D eigenvalue weighted by Crippen LogP contribution is -2.26. The van der Waals surface area contributed by atoms with E-state index in [-0.39, 0.29) is 12.3 Å². The van der Waals surface area contributed by atoms with Gasteiger partial charge in [0.2, 0.25) is 5.91 Å². The number of aromatic nitrogens is 2. The van der Waals surface area contributed by atoms with Crippen LogP contribution >= 0.6 is 0 Å². The molecule has 2 N–H and O–H groups in total. The fourth-order valence-electron chi connectivity index (χ4n) is 2.69. The summed E-state index contributed by atoms with van der Waals surface area (Å²) in [5.41, 5.74) is 7.74. The van der Waals surface area contributed by atoms with Crippen molar-refractivity contribution in [2.75, 3.05) is 10.6 Å². The molecule has 1 aliphatic rings. The minimum absolute atomic E-state index is 0.0264. The van der Waals surface area contributed by atoms with Crippen molar-refractivity contribution in [1.82, 2.24) is 9.97 Å². The van der Waals surface area contributed by atoms with E-state index in [9.17, 15) is 4.79 Å². The van der Waals surface area contributed by atoms with Crippen molar-refractivity contribution in [2.24, 2.45) is 0 Å². The molecule has 1 amide bonds.